The summed E-state index contributed by atoms with van der Waals surface area (Å²) in [5.74, 6) is 1.58. The molecule has 2 aromatic carbocycles. The van der Waals surface area contributed by atoms with E-state index in [9.17, 15) is 4.39 Å². The van der Waals surface area contributed by atoms with Gasteiger partial charge in [0, 0.05) is 17.0 Å². The van der Waals surface area contributed by atoms with Crippen molar-refractivity contribution >= 4 is 11.3 Å². The predicted molar refractivity (Wildman–Crippen MR) is 116 cm³/mol. The monoisotopic (exact) mass is 384 g/mol. The third-order valence-electron chi connectivity index (χ3n) is 5.69. The second-order valence-electron chi connectivity index (χ2n) is 8.43. The Balaban J connectivity index is 1.69. The van der Waals surface area contributed by atoms with Crippen LogP contribution < -0.4 is 5.32 Å². The first-order chi connectivity index (χ1) is 14.0. The topological polar surface area (TPSA) is 35.8 Å². The van der Waals surface area contributed by atoms with Crippen molar-refractivity contribution in [2.45, 2.75) is 32.6 Å². The second-order valence-corrected chi connectivity index (χ2v) is 8.43. The molecule has 1 aliphatic carbocycles. The number of allylic oxidation sites excluding steroid dienone is 3. The van der Waals surface area contributed by atoms with Crippen LogP contribution in [0.2, 0.25) is 0 Å². The molecule has 0 bridgehead atoms. The van der Waals surface area contributed by atoms with Crippen LogP contribution >= 0.6 is 0 Å². The van der Waals surface area contributed by atoms with Crippen molar-refractivity contribution in [3.05, 3.63) is 95.0 Å². The van der Waals surface area contributed by atoms with Crippen LogP contribution in [0.4, 0.5) is 4.39 Å². The average molecular weight is 384 g/mol. The van der Waals surface area contributed by atoms with Gasteiger partial charge in [-0.3, -0.25) is 0 Å². The first-order valence-electron chi connectivity index (χ1n) is 10.1. The quantitative estimate of drug-likeness (QED) is 0.648. The Labute approximate surface area is 172 Å². The Morgan fingerprint density at radius 1 is 1.21 bits per heavy atom. The van der Waals surface area contributed by atoms with E-state index in [1.165, 1.54) is 30.0 Å². The van der Waals surface area contributed by atoms with E-state index >= 15 is 0 Å². The molecular formula is C26H25FN2. The number of hydrogen-bond donors (Lipinski definition) is 1. The maximum Gasteiger partial charge on any atom is 0.140 e. The molecule has 2 nitrogen and oxygen atoms in total. The third-order valence-corrected chi connectivity index (χ3v) is 5.69. The van der Waals surface area contributed by atoms with E-state index in [4.69, 9.17) is 5.26 Å². The Hall–Kier alpha value is -3.12. The van der Waals surface area contributed by atoms with E-state index in [-0.39, 0.29) is 5.56 Å². The highest BCUT2D eigenvalue weighted by molar-refractivity contribution is 5.88. The first-order valence-corrected chi connectivity index (χ1v) is 10.1. The molecule has 2 aromatic rings. The Kier molecular flexibility index (Phi) is 5.11. The molecule has 1 fully saturated rings. The maximum atomic E-state index is 13.7. The van der Waals surface area contributed by atoms with Gasteiger partial charge in [0.15, 0.2) is 0 Å². The number of nitriles is 1. The molecule has 0 amide bonds. The second kappa shape index (κ2) is 7.72. The number of dihydropyridines is 1. The molecule has 0 aromatic heterocycles. The standard InChI is InChI=1S/C26H25FN2/c1-16(2)10-20-13-24(20)22-6-4-5-7-23(22)26-14-19(11-17(3)29-26)18-8-9-25(27)21(12-18)15-28/h4-9,11-12,14,16,20,24,29H,3,10,13H2,1-2H3/t20-,24+/m1/s1. The SMILES string of the molecule is C=C1C=C(c2ccc(F)c(C#N)c2)C=C(c2ccccc2[C@H]2C[C@H]2CC(C)C)N1. The Morgan fingerprint density at radius 3 is 2.76 bits per heavy atom. The van der Waals surface area contributed by atoms with Gasteiger partial charge in [0.2, 0.25) is 0 Å². The summed E-state index contributed by atoms with van der Waals surface area (Å²) in [7, 11) is 0. The molecule has 0 spiro atoms. The van der Waals surface area contributed by atoms with Crippen LogP contribution in [0.25, 0.3) is 11.3 Å². The smallest absolute Gasteiger partial charge is 0.140 e. The summed E-state index contributed by atoms with van der Waals surface area (Å²) in [5, 5.41) is 12.6. The van der Waals surface area contributed by atoms with Gasteiger partial charge in [-0.1, -0.05) is 50.8 Å². The van der Waals surface area contributed by atoms with Crippen molar-refractivity contribution < 1.29 is 4.39 Å². The minimum Gasteiger partial charge on any atom is -0.355 e. The lowest BCUT2D eigenvalue weighted by Gasteiger charge is -2.21. The summed E-state index contributed by atoms with van der Waals surface area (Å²) >= 11 is 0. The van der Waals surface area contributed by atoms with E-state index < -0.39 is 5.82 Å². The lowest BCUT2D eigenvalue weighted by molar-refractivity contribution is 0.532. The van der Waals surface area contributed by atoms with Crippen molar-refractivity contribution in [1.29, 1.82) is 5.26 Å². The molecule has 3 heteroatoms. The normalized spacial score (nSPS) is 20.6. The average Bonchev–Trinajstić information content (AvgIpc) is 3.46. The summed E-state index contributed by atoms with van der Waals surface area (Å²) in [4.78, 5) is 0. The van der Waals surface area contributed by atoms with E-state index in [0.29, 0.717) is 11.8 Å². The lowest BCUT2D eigenvalue weighted by atomic mass is 9.93. The molecule has 0 radical (unpaired) electrons. The van der Waals surface area contributed by atoms with Crippen LogP contribution in [-0.4, -0.2) is 0 Å². The summed E-state index contributed by atoms with van der Waals surface area (Å²) in [6, 6.07) is 15.1. The van der Waals surface area contributed by atoms with Gasteiger partial charge >= 0.3 is 0 Å². The van der Waals surface area contributed by atoms with Gasteiger partial charge < -0.3 is 5.32 Å². The van der Waals surface area contributed by atoms with Gasteiger partial charge in [-0.15, -0.1) is 0 Å². The molecule has 0 saturated heterocycles. The number of nitrogens with one attached hydrogen (secondary N) is 1. The van der Waals surface area contributed by atoms with Gasteiger partial charge in [0.25, 0.3) is 0 Å². The maximum absolute atomic E-state index is 13.7. The number of benzene rings is 2. The van der Waals surface area contributed by atoms with E-state index in [1.54, 1.807) is 12.1 Å². The third kappa shape index (κ3) is 4.03. The van der Waals surface area contributed by atoms with Crippen molar-refractivity contribution in [3.8, 4) is 6.07 Å². The summed E-state index contributed by atoms with van der Waals surface area (Å²) in [6.07, 6.45) is 6.51. The minimum absolute atomic E-state index is 0.0532. The highest BCUT2D eigenvalue weighted by Crippen LogP contribution is 2.52. The summed E-state index contributed by atoms with van der Waals surface area (Å²) in [5.41, 5.74) is 6.14. The minimum atomic E-state index is -0.496. The van der Waals surface area contributed by atoms with E-state index in [0.717, 1.165) is 28.4 Å². The van der Waals surface area contributed by atoms with Crippen molar-refractivity contribution in [2.24, 2.45) is 11.8 Å². The fourth-order valence-corrected chi connectivity index (χ4v) is 4.29. The first kappa shape index (κ1) is 19.2. The largest absolute Gasteiger partial charge is 0.355 e. The number of halogens is 1. The number of rotatable bonds is 5. The fourth-order valence-electron chi connectivity index (χ4n) is 4.29. The van der Waals surface area contributed by atoms with Crippen LogP contribution in [0.3, 0.4) is 0 Å². The van der Waals surface area contributed by atoms with Crippen LogP contribution in [-0.2, 0) is 0 Å². The van der Waals surface area contributed by atoms with Gasteiger partial charge in [-0.2, -0.15) is 5.26 Å². The van der Waals surface area contributed by atoms with Crippen LogP contribution in [0, 0.1) is 29.0 Å². The number of hydrogen-bond acceptors (Lipinski definition) is 2. The molecular weight excluding hydrogens is 359 g/mol. The molecule has 2 aliphatic rings. The molecule has 1 N–H and O–H groups in total. The fraction of sp³-hybridized carbons (Fsp3) is 0.269. The zero-order chi connectivity index (χ0) is 20.5. The van der Waals surface area contributed by atoms with Gasteiger partial charge in [-0.25, -0.2) is 4.39 Å². The van der Waals surface area contributed by atoms with Crippen molar-refractivity contribution in [1.82, 2.24) is 5.32 Å². The number of nitrogens with zero attached hydrogens (tertiary/aromatic N) is 1. The highest BCUT2D eigenvalue weighted by Gasteiger charge is 2.39. The molecule has 0 unspecified atom stereocenters. The van der Waals surface area contributed by atoms with Gasteiger partial charge in [0.05, 0.1) is 5.56 Å². The zero-order valence-corrected chi connectivity index (χ0v) is 16.9. The molecule has 4 rings (SSSR count). The molecule has 1 saturated carbocycles. The molecule has 1 aliphatic heterocycles. The van der Waals surface area contributed by atoms with Crippen LogP contribution in [0.15, 0.2) is 66.9 Å². The van der Waals surface area contributed by atoms with Gasteiger partial charge in [-0.05, 0) is 71.6 Å². The van der Waals surface area contributed by atoms with E-state index in [2.05, 4.69) is 56.1 Å². The molecule has 29 heavy (non-hydrogen) atoms. The zero-order valence-electron chi connectivity index (χ0n) is 16.9. The lowest BCUT2D eigenvalue weighted by Crippen LogP contribution is -2.15. The predicted octanol–water partition coefficient (Wildman–Crippen LogP) is 6.39. The Bertz CT molecular complexity index is 1070. The Morgan fingerprint density at radius 2 is 2.00 bits per heavy atom. The van der Waals surface area contributed by atoms with Crippen LogP contribution in [0.5, 0.6) is 0 Å². The summed E-state index contributed by atoms with van der Waals surface area (Å²) in [6.45, 7) is 8.67. The van der Waals surface area contributed by atoms with Crippen LogP contribution in [0.1, 0.15) is 54.9 Å². The molecule has 1 heterocycles. The van der Waals surface area contributed by atoms with Crippen molar-refractivity contribution in [2.75, 3.05) is 0 Å². The van der Waals surface area contributed by atoms with Gasteiger partial charge in [0.1, 0.15) is 11.9 Å². The molecule has 146 valence electrons. The highest BCUT2D eigenvalue weighted by atomic mass is 19.1. The summed E-state index contributed by atoms with van der Waals surface area (Å²) < 4.78 is 13.7. The molecule has 2 atom stereocenters. The van der Waals surface area contributed by atoms with E-state index in [1.807, 2.05) is 12.1 Å². The van der Waals surface area contributed by atoms with Crippen molar-refractivity contribution in [3.63, 3.8) is 0 Å².